The third-order valence-electron chi connectivity index (χ3n) is 3.42. The summed E-state index contributed by atoms with van der Waals surface area (Å²) in [4.78, 5) is 2.27. The van der Waals surface area contributed by atoms with Gasteiger partial charge in [-0.2, -0.15) is 5.26 Å². The molecule has 0 aromatic heterocycles. The van der Waals surface area contributed by atoms with Crippen LogP contribution in [0.15, 0.2) is 18.2 Å². The molecule has 1 atom stereocenters. The van der Waals surface area contributed by atoms with Crippen LogP contribution in [0.2, 0.25) is 0 Å². The van der Waals surface area contributed by atoms with Crippen LogP contribution in [0.4, 0.5) is 5.69 Å². The van der Waals surface area contributed by atoms with Crippen LogP contribution >= 0.6 is 0 Å². The zero-order valence-corrected chi connectivity index (χ0v) is 11.4. The van der Waals surface area contributed by atoms with E-state index >= 15 is 0 Å². The summed E-state index contributed by atoms with van der Waals surface area (Å²) in [5.74, 6) is 0.557. The highest BCUT2D eigenvalue weighted by Crippen LogP contribution is 2.29. The van der Waals surface area contributed by atoms with E-state index in [1.54, 1.807) is 0 Å². The zero-order chi connectivity index (χ0) is 13.1. The van der Waals surface area contributed by atoms with Crippen molar-refractivity contribution in [3.8, 4) is 6.07 Å². The predicted molar refractivity (Wildman–Crippen MR) is 74.6 cm³/mol. The Hall–Kier alpha value is -1.53. The first-order valence-corrected chi connectivity index (χ1v) is 6.58. The molecule has 1 aliphatic heterocycles. The molecule has 2 rings (SSSR count). The lowest BCUT2D eigenvalue weighted by Crippen LogP contribution is -2.24. The van der Waals surface area contributed by atoms with Crippen LogP contribution in [-0.2, 0) is 6.42 Å². The van der Waals surface area contributed by atoms with Gasteiger partial charge in [-0.3, -0.25) is 5.32 Å². The molecule has 1 aromatic rings. The molecule has 0 bridgehead atoms. The fraction of sp³-hybridized carbons (Fsp3) is 0.533. The van der Waals surface area contributed by atoms with Gasteiger partial charge in [0.1, 0.15) is 6.04 Å². The first-order chi connectivity index (χ1) is 8.61. The summed E-state index contributed by atoms with van der Waals surface area (Å²) in [6.45, 7) is 6.25. The van der Waals surface area contributed by atoms with E-state index in [-0.39, 0.29) is 6.04 Å². The molecule has 0 radical (unpaired) electrons. The molecule has 1 unspecified atom stereocenters. The molecule has 1 aromatic carbocycles. The van der Waals surface area contributed by atoms with Gasteiger partial charge in [0.05, 0.1) is 6.07 Å². The number of nitrogens with one attached hydrogen (secondary N) is 1. The Balaban J connectivity index is 2.15. The van der Waals surface area contributed by atoms with Gasteiger partial charge in [-0.25, -0.2) is 0 Å². The molecule has 1 heterocycles. The highest BCUT2D eigenvalue weighted by atomic mass is 15.1. The number of anilines is 1. The minimum Gasteiger partial charge on any atom is -0.374 e. The van der Waals surface area contributed by atoms with Gasteiger partial charge in [0.25, 0.3) is 0 Å². The Morgan fingerprint density at radius 3 is 2.89 bits per heavy atom. The van der Waals surface area contributed by atoms with E-state index in [0.717, 1.165) is 25.1 Å². The number of likely N-dealkylation sites (N-methyl/N-ethyl adjacent to an activating group) is 1. The molecule has 3 nitrogen and oxygen atoms in total. The van der Waals surface area contributed by atoms with Crippen molar-refractivity contribution < 1.29 is 0 Å². The van der Waals surface area contributed by atoms with Gasteiger partial charge >= 0.3 is 0 Å². The van der Waals surface area contributed by atoms with Gasteiger partial charge in [-0.1, -0.05) is 26.0 Å². The van der Waals surface area contributed by atoms with Crippen molar-refractivity contribution in [2.45, 2.75) is 26.3 Å². The Kier molecular flexibility index (Phi) is 3.88. The summed E-state index contributed by atoms with van der Waals surface area (Å²) in [6.07, 6.45) is 1.09. The van der Waals surface area contributed by atoms with Gasteiger partial charge in [0, 0.05) is 19.3 Å². The lowest BCUT2D eigenvalue weighted by molar-refractivity contribution is 0.525. The molecule has 0 spiro atoms. The maximum Gasteiger partial charge on any atom is 0.121 e. The molecule has 3 heteroatoms. The zero-order valence-electron chi connectivity index (χ0n) is 11.4. The summed E-state index contributed by atoms with van der Waals surface area (Å²) in [5.41, 5.74) is 3.76. The van der Waals surface area contributed by atoms with Gasteiger partial charge in [0.2, 0.25) is 0 Å². The monoisotopic (exact) mass is 243 g/mol. The normalized spacial score (nSPS) is 15.6. The van der Waals surface area contributed by atoms with E-state index in [2.05, 4.69) is 55.4 Å². The Morgan fingerprint density at radius 2 is 2.22 bits per heavy atom. The fourth-order valence-corrected chi connectivity index (χ4v) is 2.36. The molecule has 0 amide bonds. The molecule has 1 aliphatic rings. The number of fused-ring (bicyclic) bond motifs is 1. The van der Waals surface area contributed by atoms with Crippen LogP contribution in [0.25, 0.3) is 0 Å². The number of hydrogen-bond acceptors (Lipinski definition) is 3. The Labute approximate surface area is 109 Å². The molecule has 1 N–H and O–H groups in total. The minimum atomic E-state index is -0.191. The first kappa shape index (κ1) is 12.9. The van der Waals surface area contributed by atoms with Crippen LogP contribution < -0.4 is 10.2 Å². The number of nitrogens with zero attached hydrogens (tertiary/aromatic N) is 2. The largest absolute Gasteiger partial charge is 0.374 e. The molecule has 0 aliphatic carbocycles. The average Bonchev–Trinajstić information content (AvgIpc) is 2.71. The molecule has 0 saturated heterocycles. The smallest absolute Gasteiger partial charge is 0.121 e. The van der Waals surface area contributed by atoms with Crippen LogP contribution in [0.5, 0.6) is 0 Å². The van der Waals surface area contributed by atoms with Crippen LogP contribution in [0.3, 0.4) is 0 Å². The lowest BCUT2D eigenvalue weighted by atomic mass is 10.0. The second-order valence-corrected chi connectivity index (χ2v) is 5.42. The first-order valence-electron chi connectivity index (χ1n) is 6.58. The standard InChI is InChI=1S/C15H21N3/c1-11(2)10-17-14(9-16)12-4-5-15-13(8-12)6-7-18(15)3/h4-5,8,11,14,17H,6-7,10H2,1-3H3. The van der Waals surface area contributed by atoms with Crippen LogP contribution in [0.1, 0.15) is 31.0 Å². The number of hydrogen-bond donors (Lipinski definition) is 1. The van der Waals surface area contributed by atoms with Gasteiger partial charge in [0.15, 0.2) is 0 Å². The summed E-state index contributed by atoms with van der Waals surface area (Å²) in [7, 11) is 2.12. The fourth-order valence-electron chi connectivity index (χ4n) is 2.36. The second kappa shape index (κ2) is 5.41. The molecular weight excluding hydrogens is 222 g/mol. The SMILES string of the molecule is CC(C)CNC(C#N)c1ccc2c(c1)CCN2C. The van der Waals surface area contributed by atoms with E-state index in [1.165, 1.54) is 11.3 Å². The summed E-state index contributed by atoms with van der Waals surface area (Å²) >= 11 is 0. The van der Waals surface area contributed by atoms with Gasteiger partial charge < -0.3 is 4.90 Å². The topological polar surface area (TPSA) is 39.1 Å². The quantitative estimate of drug-likeness (QED) is 0.883. The van der Waals surface area contributed by atoms with E-state index in [9.17, 15) is 5.26 Å². The third kappa shape index (κ3) is 2.65. The van der Waals surface area contributed by atoms with Crippen molar-refractivity contribution in [1.82, 2.24) is 5.32 Å². The van der Waals surface area contributed by atoms with Gasteiger partial charge in [-0.15, -0.1) is 0 Å². The number of rotatable bonds is 4. The van der Waals surface area contributed by atoms with Crippen molar-refractivity contribution in [3.63, 3.8) is 0 Å². The van der Waals surface area contributed by atoms with Crippen LogP contribution in [0, 0.1) is 17.2 Å². The maximum atomic E-state index is 9.27. The average molecular weight is 243 g/mol. The molecule has 96 valence electrons. The minimum absolute atomic E-state index is 0.191. The molecule has 0 fully saturated rings. The second-order valence-electron chi connectivity index (χ2n) is 5.42. The Morgan fingerprint density at radius 1 is 1.44 bits per heavy atom. The third-order valence-corrected chi connectivity index (χ3v) is 3.42. The summed E-state index contributed by atoms with van der Waals surface area (Å²) in [5, 5.41) is 12.6. The number of nitriles is 1. The van der Waals surface area contributed by atoms with Crippen molar-refractivity contribution in [3.05, 3.63) is 29.3 Å². The van der Waals surface area contributed by atoms with Crippen LogP contribution in [-0.4, -0.2) is 20.1 Å². The molecule has 0 saturated carbocycles. The number of benzene rings is 1. The van der Waals surface area contributed by atoms with Gasteiger partial charge in [-0.05, 0) is 36.1 Å². The van der Waals surface area contributed by atoms with Crippen molar-refractivity contribution in [2.24, 2.45) is 5.92 Å². The van der Waals surface area contributed by atoms with E-state index in [4.69, 9.17) is 0 Å². The van der Waals surface area contributed by atoms with Crippen molar-refractivity contribution in [1.29, 1.82) is 5.26 Å². The van der Waals surface area contributed by atoms with E-state index in [1.807, 2.05) is 0 Å². The Bertz CT molecular complexity index is 459. The summed E-state index contributed by atoms with van der Waals surface area (Å²) in [6, 6.07) is 8.55. The molecule has 18 heavy (non-hydrogen) atoms. The van der Waals surface area contributed by atoms with E-state index in [0.29, 0.717) is 5.92 Å². The highest BCUT2D eigenvalue weighted by Gasteiger charge is 2.18. The lowest BCUT2D eigenvalue weighted by Gasteiger charge is -2.16. The maximum absolute atomic E-state index is 9.27. The van der Waals surface area contributed by atoms with E-state index < -0.39 is 0 Å². The predicted octanol–water partition coefficient (Wildman–Crippen LogP) is 2.49. The van der Waals surface area contributed by atoms with Crippen molar-refractivity contribution >= 4 is 5.69 Å². The summed E-state index contributed by atoms with van der Waals surface area (Å²) < 4.78 is 0. The van der Waals surface area contributed by atoms with Crippen molar-refractivity contribution in [2.75, 3.05) is 25.0 Å². The molecular formula is C15H21N3. The highest BCUT2D eigenvalue weighted by molar-refractivity contribution is 5.59.